The third-order valence-electron chi connectivity index (χ3n) is 4.07. The van der Waals surface area contributed by atoms with Crippen molar-refractivity contribution in [3.63, 3.8) is 0 Å². The Balaban J connectivity index is 1.60. The zero-order valence-corrected chi connectivity index (χ0v) is 10.4. The van der Waals surface area contributed by atoms with Crippen molar-refractivity contribution in [1.29, 1.82) is 0 Å². The van der Waals surface area contributed by atoms with Gasteiger partial charge in [0.1, 0.15) is 0 Å². The quantitative estimate of drug-likeness (QED) is 0.764. The Morgan fingerprint density at radius 2 is 1.93 bits per heavy atom. The summed E-state index contributed by atoms with van der Waals surface area (Å²) in [5, 5.41) is 0. The molecular formula is C13H16BrN. The van der Waals surface area contributed by atoms with Crippen LogP contribution in [0.15, 0.2) is 24.5 Å². The number of halogens is 1. The molecule has 3 atom stereocenters. The highest BCUT2D eigenvalue weighted by Crippen LogP contribution is 2.60. The molecule has 1 heterocycles. The first-order valence-corrected chi connectivity index (χ1v) is 6.81. The third-order valence-corrected chi connectivity index (χ3v) is 5.00. The zero-order valence-electron chi connectivity index (χ0n) is 8.77. The van der Waals surface area contributed by atoms with E-state index in [0.29, 0.717) is 4.83 Å². The second-order valence-corrected chi connectivity index (χ2v) is 6.09. The van der Waals surface area contributed by atoms with E-state index in [2.05, 4.69) is 33.0 Å². The summed E-state index contributed by atoms with van der Waals surface area (Å²) in [7, 11) is 0. The molecule has 0 bridgehead atoms. The molecule has 0 aromatic carbocycles. The van der Waals surface area contributed by atoms with E-state index < -0.39 is 0 Å². The Kier molecular flexibility index (Phi) is 2.55. The summed E-state index contributed by atoms with van der Waals surface area (Å²) in [5.41, 5.74) is 1.41. The van der Waals surface area contributed by atoms with E-state index in [0.717, 1.165) is 17.8 Å². The van der Waals surface area contributed by atoms with Gasteiger partial charge in [0.25, 0.3) is 0 Å². The van der Waals surface area contributed by atoms with Crippen molar-refractivity contribution < 1.29 is 0 Å². The first kappa shape index (κ1) is 9.83. The monoisotopic (exact) mass is 265 g/mol. The van der Waals surface area contributed by atoms with E-state index in [1.54, 1.807) is 0 Å². The van der Waals surface area contributed by atoms with Crippen molar-refractivity contribution >= 4 is 15.9 Å². The number of rotatable bonds is 3. The van der Waals surface area contributed by atoms with Crippen molar-refractivity contribution in [3.05, 3.63) is 30.1 Å². The highest BCUT2D eigenvalue weighted by molar-refractivity contribution is 9.09. The molecular weight excluding hydrogens is 250 g/mol. The fraction of sp³-hybridized carbons (Fsp3) is 0.615. The summed E-state index contributed by atoms with van der Waals surface area (Å²) in [6.07, 6.45) is 9.38. The van der Waals surface area contributed by atoms with Gasteiger partial charge < -0.3 is 0 Å². The van der Waals surface area contributed by atoms with Gasteiger partial charge in [0.2, 0.25) is 0 Å². The number of aromatic nitrogens is 1. The molecule has 2 aliphatic rings. The normalized spacial score (nSPS) is 34.9. The minimum Gasteiger partial charge on any atom is -0.265 e. The molecule has 2 saturated carbocycles. The van der Waals surface area contributed by atoms with Crippen LogP contribution < -0.4 is 0 Å². The molecule has 2 aliphatic carbocycles. The Morgan fingerprint density at radius 3 is 2.60 bits per heavy atom. The second-order valence-electron chi connectivity index (χ2n) is 4.91. The van der Waals surface area contributed by atoms with Crippen LogP contribution in [0.25, 0.3) is 0 Å². The van der Waals surface area contributed by atoms with E-state index in [1.165, 1.54) is 31.2 Å². The highest BCUT2D eigenvalue weighted by Gasteiger charge is 2.54. The molecule has 2 heteroatoms. The lowest BCUT2D eigenvalue weighted by atomic mass is 10.0. The average molecular weight is 266 g/mol. The lowest BCUT2D eigenvalue weighted by Crippen LogP contribution is -2.09. The van der Waals surface area contributed by atoms with Crippen LogP contribution in [0.4, 0.5) is 0 Å². The molecule has 0 amide bonds. The summed E-state index contributed by atoms with van der Waals surface area (Å²) in [4.78, 5) is 4.75. The van der Waals surface area contributed by atoms with Crippen LogP contribution in [0.2, 0.25) is 0 Å². The molecule has 2 fully saturated rings. The topological polar surface area (TPSA) is 12.9 Å². The van der Waals surface area contributed by atoms with Crippen molar-refractivity contribution in [2.45, 2.75) is 30.5 Å². The number of nitrogens with zero attached hydrogens (tertiary/aromatic N) is 1. The molecule has 1 aromatic heterocycles. The molecule has 1 nitrogen and oxygen atoms in total. The molecule has 80 valence electrons. The Hall–Kier alpha value is -0.370. The maximum Gasteiger partial charge on any atom is 0.0270 e. The van der Waals surface area contributed by atoms with Gasteiger partial charge in [-0.05, 0) is 54.7 Å². The van der Waals surface area contributed by atoms with Gasteiger partial charge in [-0.15, -0.1) is 0 Å². The van der Waals surface area contributed by atoms with Crippen molar-refractivity contribution in [2.24, 2.45) is 17.8 Å². The molecule has 0 N–H and O–H groups in total. The van der Waals surface area contributed by atoms with E-state index in [-0.39, 0.29) is 0 Å². The van der Waals surface area contributed by atoms with Gasteiger partial charge in [-0.3, -0.25) is 4.98 Å². The number of fused-ring (bicyclic) bond motifs is 1. The minimum absolute atomic E-state index is 0.690. The van der Waals surface area contributed by atoms with Crippen LogP contribution in [-0.4, -0.2) is 9.81 Å². The first-order chi connectivity index (χ1) is 7.36. The predicted octanol–water partition coefficient (Wildman–Crippen LogP) is 3.43. The first-order valence-electron chi connectivity index (χ1n) is 5.89. The smallest absolute Gasteiger partial charge is 0.0270 e. The van der Waals surface area contributed by atoms with Crippen LogP contribution >= 0.6 is 15.9 Å². The van der Waals surface area contributed by atoms with Crippen LogP contribution in [0.5, 0.6) is 0 Å². The molecule has 3 unspecified atom stereocenters. The Labute approximate surface area is 99.4 Å². The molecule has 0 saturated heterocycles. The molecule has 0 aliphatic heterocycles. The molecule has 3 rings (SSSR count). The number of pyridine rings is 1. The van der Waals surface area contributed by atoms with Gasteiger partial charge in [0, 0.05) is 17.2 Å². The standard InChI is InChI=1S/C13H16BrN/c14-12(8-9-4-6-15-7-5-9)13-10-2-1-3-11(10)13/h4-7,10-13H,1-3,8H2. The number of hydrogen-bond acceptors (Lipinski definition) is 1. The third kappa shape index (κ3) is 1.84. The highest BCUT2D eigenvalue weighted by atomic mass is 79.9. The van der Waals surface area contributed by atoms with Gasteiger partial charge in [-0.2, -0.15) is 0 Å². The lowest BCUT2D eigenvalue weighted by molar-refractivity contribution is 0.569. The van der Waals surface area contributed by atoms with Crippen LogP contribution in [0.1, 0.15) is 24.8 Å². The van der Waals surface area contributed by atoms with E-state index >= 15 is 0 Å². The molecule has 0 spiro atoms. The second kappa shape index (κ2) is 3.89. The molecule has 1 aromatic rings. The van der Waals surface area contributed by atoms with Gasteiger partial charge in [-0.25, -0.2) is 0 Å². The summed E-state index contributed by atoms with van der Waals surface area (Å²) in [6.45, 7) is 0. The zero-order chi connectivity index (χ0) is 10.3. The van der Waals surface area contributed by atoms with Gasteiger partial charge in [0.15, 0.2) is 0 Å². The minimum atomic E-state index is 0.690. The van der Waals surface area contributed by atoms with Crippen molar-refractivity contribution in [3.8, 4) is 0 Å². The van der Waals surface area contributed by atoms with E-state index in [4.69, 9.17) is 0 Å². The fourth-order valence-corrected chi connectivity index (χ4v) is 4.45. The van der Waals surface area contributed by atoms with Gasteiger partial charge in [-0.1, -0.05) is 22.4 Å². The summed E-state index contributed by atoms with van der Waals surface area (Å²) < 4.78 is 0. The lowest BCUT2D eigenvalue weighted by Gasteiger charge is -2.11. The van der Waals surface area contributed by atoms with Crippen molar-refractivity contribution in [1.82, 2.24) is 4.98 Å². The maximum absolute atomic E-state index is 4.06. The summed E-state index contributed by atoms with van der Waals surface area (Å²) in [5.74, 6) is 3.07. The number of alkyl halides is 1. The molecule has 0 radical (unpaired) electrons. The predicted molar refractivity (Wildman–Crippen MR) is 65.0 cm³/mol. The SMILES string of the molecule is BrC(Cc1ccncc1)C1C2CCCC21. The maximum atomic E-state index is 4.06. The van der Waals surface area contributed by atoms with Crippen LogP contribution in [-0.2, 0) is 6.42 Å². The van der Waals surface area contributed by atoms with Gasteiger partial charge in [0.05, 0.1) is 0 Å². The van der Waals surface area contributed by atoms with E-state index in [1.807, 2.05) is 12.4 Å². The Morgan fingerprint density at radius 1 is 1.27 bits per heavy atom. The summed E-state index contributed by atoms with van der Waals surface area (Å²) in [6, 6.07) is 4.26. The Bertz CT molecular complexity index is 328. The van der Waals surface area contributed by atoms with Crippen molar-refractivity contribution in [2.75, 3.05) is 0 Å². The number of hydrogen-bond donors (Lipinski definition) is 0. The van der Waals surface area contributed by atoms with E-state index in [9.17, 15) is 0 Å². The van der Waals surface area contributed by atoms with Gasteiger partial charge >= 0.3 is 0 Å². The van der Waals surface area contributed by atoms with Crippen LogP contribution in [0.3, 0.4) is 0 Å². The molecule has 15 heavy (non-hydrogen) atoms. The average Bonchev–Trinajstić information content (AvgIpc) is 2.75. The fourth-order valence-electron chi connectivity index (χ4n) is 3.29. The summed E-state index contributed by atoms with van der Waals surface area (Å²) >= 11 is 3.88. The van der Waals surface area contributed by atoms with Crippen LogP contribution in [0, 0.1) is 17.8 Å². The largest absolute Gasteiger partial charge is 0.265 e.